The Morgan fingerprint density at radius 2 is 2.19 bits per heavy atom. The minimum absolute atomic E-state index is 0.398. The van der Waals surface area contributed by atoms with E-state index in [0.29, 0.717) is 11.7 Å². The van der Waals surface area contributed by atoms with Gasteiger partial charge in [-0.05, 0) is 56.4 Å². The van der Waals surface area contributed by atoms with E-state index in [1.807, 2.05) is 0 Å². The largest absolute Gasteiger partial charge is 0.295 e. The molecule has 2 atom stereocenters. The Morgan fingerprint density at radius 1 is 1.38 bits per heavy atom. The maximum atomic E-state index is 11.6. The molecule has 2 aliphatic rings. The molecule has 0 radical (unpaired) electrons. The monoisotopic (exact) mass is 218 g/mol. The number of carbonyl (C=O) groups is 1. The third-order valence-corrected chi connectivity index (χ3v) is 4.15. The Bertz CT molecular complexity index is 335. The van der Waals surface area contributed by atoms with E-state index >= 15 is 0 Å². The molecule has 0 spiro atoms. The van der Waals surface area contributed by atoms with Gasteiger partial charge < -0.3 is 0 Å². The molecule has 0 aromatic heterocycles. The molecule has 0 aliphatic heterocycles. The summed E-state index contributed by atoms with van der Waals surface area (Å²) in [6.45, 7) is 4.54. The minimum Gasteiger partial charge on any atom is -0.295 e. The molecule has 0 bridgehead atoms. The van der Waals surface area contributed by atoms with E-state index in [-0.39, 0.29) is 0 Å². The van der Waals surface area contributed by atoms with Gasteiger partial charge in [-0.15, -0.1) is 0 Å². The standard InChI is InChI=1S/C15H22O/c1-11-6-8-13(9-7-11)12(2)10-14-4-3-5-15(14)16/h4,6,12-13H,3,5,7-10H2,1-2H3. The van der Waals surface area contributed by atoms with Gasteiger partial charge in [-0.3, -0.25) is 4.79 Å². The van der Waals surface area contributed by atoms with Crippen LogP contribution in [0.15, 0.2) is 23.3 Å². The highest BCUT2D eigenvalue weighted by Gasteiger charge is 2.23. The van der Waals surface area contributed by atoms with Gasteiger partial charge in [-0.25, -0.2) is 0 Å². The Morgan fingerprint density at radius 3 is 2.75 bits per heavy atom. The first-order valence-electron chi connectivity index (χ1n) is 6.54. The first-order valence-corrected chi connectivity index (χ1v) is 6.54. The van der Waals surface area contributed by atoms with Crippen LogP contribution in [0.25, 0.3) is 0 Å². The SMILES string of the molecule is CC1=CCC(C(C)CC2=CCCC2=O)CC1. The van der Waals surface area contributed by atoms with Crippen molar-refractivity contribution in [3.8, 4) is 0 Å². The number of Topliss-reactive ketones (excluding diaryl/α,β-unsaturated/α-hetero) is 1. The number of allylic oxidation sites excluding steroid dienone is 4. The van der Waals surface area contributed by atoms with Crippen LogP contribution in [0.2, 0.25) is 0 Å². The molecule has 0 fully saturated rings. The molecule has 0 aromatic rings. The molecule has 2 rings (SSSR count). The molecule has 1 heteroatoms. The van der Waals surface area contributed by atoms with E-state index in [1.54, 1.807) is 5.57 Å². The Kier molecular flexibility index (Phi) is 3.63. The van der Waals surface area contributed by atoms with Crippen LogP contribution in [0.1, 0.15) is 52.4 Å². The summed E-state index contributed by atoms with van der Waals surface area (Å²) < 4.78 is 0. The van der Waals surface area contributed by atoms with Gasteiger partial charge in [0.25, 0.3) is 0 Å². The first-order chi connectivity index (χ1) is 7.66. The fourth-order valence-electron chi connectivity index (χ4n) is 2.86. The molecule has 0 aromatic carbocycles. The van der Waals surface area contributed by atoms with Crippen molar-refractivity contribution in [1.82, 2.24) is 0 Å². The third-order valence-electron chi connectivity index (χ3n) is 4.15. The summed E-state index contributed by atoms with van der Waals surface area (Å²) in [6.07, 6.45) is 11.1. The molecule has 0 saturated heterocycles. The van der Waals surface area contributed by atoms with Crippen molar-refractivity contribution in [2.75, 3.05) is 0 Å². The zero-order valence-electron chi connectivity index (χ0n) is 10.5. The highest BCUT2D eigenvalue weighted by atomic mass is 16.1. The van der Waals surface area contributed by atoms with Crippen LogP contribution >= 0.6 is 0 Å². The van der Waals surface area contributed by atoms with E-state index in [0.717, 1.165) is 30.8 Å². The summed E-state index contributed by atoms with van der Waals surface area (Å²) in [4.78, 5) is 11.6. The van der Waals surface area contributed by atoms with Gasteiger partial charge >= 0.3 is 0 Å². The number of hydrogen-bond acceptors (Lipinski definition) is 1. The third kappa shape index (κ3) is 2.63. The Labute approximate surface area is 98.6 Å². The van der Waals surface area contributed by atoms with Crippen molar-refractivity contribution in [1.29, 1.82) is 0 Å². The summed E-state index contributed by atoms with van der Waals surface area (Å²) >= 11 is 0. The fraction of sp³-hybridized carbons (Fsp3) is 0.667. The molecule has 0 N–H and O–H groups in total. The van der Waals surface area contributed by atoms with Crippen molar-refractivity contribution >= 4 is 5.78 Å². The van der Waals surface area contributed by atoms with Crippen molar-refractivity contribution < 1.29 is 4.79 Å². The van der Waals surface area contributed by atoms with Crippen LogP contribution in [-0.2, 0) is 4.79 Å². The van der Waals surface area contributed by atoms with E-state index in [4.69, 9.17) is 0 Å². The smallest absolute Gasteiger partial charge is 0.158 e. The van der Waals surface area contributed by atoms with Gasteiger partial charge in [0, 0.05) is 6.42 Å². The van der Waals surface area contributed by atoms with Crippen molar-refractivity contribution in [2.45, 2.75) is 52.4 Å². The lowest BCUT2D eigenvalue weighted by atomic mass is 9.79. The van der Waals surface area contributed by atoms with Crippen molar-refractivity contribution in [3.05, 3.63) is 23.3 Å². The van der Waals surface area contributed by atoms with Crippen LogP contribution in [0.5, 0.6) is 0 Å². The average Bonchev–Trinajstić information content (AvgIpc) is 2.65. The molecule has 2 aliphatic carbocycles. The highest BCUT2D eigenvalue weighted by Crippen LogP contribution is 2.33. The molecular formula is C15H22O. The summed E-state index contributed by atoms with van der Waals surface area (Å²) in [5.74, 6) is 1.85. The van der Waals surface area contributed by atoms with E-state index in [1.165, 1.54) is 19.3 Å². The molecule has 2 unspecified atom stereocenters. The highest BCUT2D eigenvalue weighted by molar-refractivity contribution is 5.97. The van der Waals surface area contributed by atoms with Gasteiger partial charge in [-0.2, -0.15) is 0 Å². The summed E-state index contributed by atoms with van der Waals surface area (Å²) in [5, 5.41) is 0. The Hall–Kier alpha value is -0.850. The fourth-order valence-corrected chi connectivity index (χ4v) is 2.86. The van der Waals surface area contributed by atoms with Crippen LogP contribution in [0.3, 0.4) is 0 Å². The molecule has 0 saturated carbocycles. The maximum absolute atomic E-state index is 11.6. The van der Waals surface area contributed by atoms with E-state index in [9.17, 15) is 4.79 Å². The lowest BCUT2D eigenvalue weighted by molar-refractivity contribution is -0.115. The number of carbonyl (C=O) groups excluding carboxylic acids is 1. The van der Waals surface area contributed by atoms with Crippen LogP contribution < -0.4 is 0 Å². The van der Waals surface area contributed by atoms with E-state index < -0.39 is 0 Å². The van der Waals surface area contributed by atoms with Crippen molar-refractivity contribution in [2.24, 2.45) is 11.8 Å². The lowest BCUT2D eigenvalue weighted by Crippen LogP contribution is -2.16. The maximum Gasteiger partial charge on any atom is 0.158 e. The molecular weight excluding hydrogens is 196 g/mol. The second-order valence-corrected chi connectivity index (χ2v) is 5.46. The van der Waals surface area contributed by atoms with Gasteiger partial charge in [0.1, 0.15) is 0 Å². The summed E-state index contributed by atoms with van der Waals surface area (Å²) in [7, 11) is 0. The molecule has 0 amide bonds. The number of hydrogen-bond donors (Lipinski definition) is 0. The van der Waals surface area contributed by atoms with Crippen LogP contribution in [0, 0.1) is 11.8 Å². The predicted molar refractivity (Wildman–Crippen MR) is 67.2 cm³/mol. The van der Waals surface area contributed by atoms with Gasteiger partial charge in [0.05, 0.1) is 0 Å². The zero-order chi connectivity index (χ0) is 11.5. The Balaban J connectivity index is 1.89. The predicted octanol–water partition coefficient (Wildman–Crippen LogP) is 4.05. The van der Waals surface area contributed by atoms with Crippen molar-refractivity contribution in [3.63, 3.8) is 0 Å². The topological polar surface area (TPSA) is 17.1 Å². The zero-order valence-corrected chi connectivity index (χ0v) is 10.5. The molecule has 88 valence electrons. The second kappa shape index (κ2) is 4.99. The van der Waals surface area contributed by atoms with E-state index in [2.05, 4.69) is 26.0 Å². The average molecular weight is 218 g/mol. The minimum atomic E-state index is 0.398. The normalized spacial score (nSPS) is 27.6. The van der Waals surface area contributed by atoms with Gasteiger partial charge in [0.15, 0.2) is 5.78 Å². The second-order valence-electron chi connectivity index (χ2n) is 5.46. The summed E-state index contributed by atoms with van der Waals surface area (Å²) in [6, 6.07) is 0. The van der Waals surface area contributed by atoms with Gasteiger partial charge in [0.2, 0.25) is 0 Å². The molecule has 1 nitrogen and oxygen atoms in total. The summed E-state index contributed by atoms with van der Waals surface area (Å²) in [5.41, 5.74) is 2.65. The quantitative estimate of drug-likeness (QED) is 0.653. The van der Waals surface area contributed by atoms with Crippen LogP contribution in [-0.4, -0.2) is 5.78 Å². The molecule has 16 heavy (non-hydrogen) atoms. The van der Waals surface area contributed by atoms with Gasteiger partial charge in [-0.1, -0.05) is 24.6 Å². The number of ketones is 1. The number of rotatable bonds is 3. The lowest BCUT2D eigenvalue weighted by Gasteiger charge is -2.26. The molecule has 0 heterocycles. The first kappa shape index (κ1) is 11.6. The van der Waals surface area contributed by atoms with Crippen LogP contribution in [0.4, 0.5) is 0 Å².